The number of hydrogen-bond acceptors (Lipinski definition) is 11. The Kier molecular flexibility index (Phi) is 11.4. The summed E-state index contributed by atoms with van der Waals surface area (Å²) in [6.45, 7) is 1.92. The van der Waals surface area contributed by atoms with E-state index in [0.29, 0.717) is 32.3 Å². The first-order valence-electron chi connectivity index (χ1n) is 7.05. The number of nitrogen functional groups attached to an aromatic ring is 4. The van der Waals surface area contributed by atoms with Crippen LogP contribution in [-0.4, -0.2) is 53.5 Å². The number of nitrogens with zero attached hydrogens (tertiary/aromatic N) is 4. The predicted octanol–water partition coefficient (Wildman–Crippen LogP) is 0.613. The van der Waals surface area contributed by atoms with Gasteiger partial charge in [-0.2, -0.15) is 15.0 Å². The second-order valence-corrected chi connectivity index (χ2v) is 4.80. The van der Waals surface area contributed by atoms with Crippen LogP contribution < -0.4 is 27.7 Å². The van der Waals surface area contributed by atoms with Crippen molar-refractivity contribution in [1.82, 2.24) is 19.9 Å². The molecule has 0 unspecified atom stereocenters. The van der Waals surface area contributed by atoms with Crippen LogP contribution in [0.2, 0.25) is 5.15 Å². The van der Waals surface area contributed by atoms with Gasteiger partial charge in [0.1, 0.15) is 23.4 Å². The van der Waals surface area contributed by atoms with Crippen molar-refractivity contribution in [2.45, 2.75) is 7.43 Å². The van der Waals surface area contributed by atoms with Crippen LogP contribution in [0.4, 0.5) is 23.5 Å². The third-order valence-corrected chi connectivity index (χ3v) is 2.57. The lowest BCUT2D eigenvalue weighted by Gasteiger charge is -2.06. The highest BCUT2D eigenvalue weighted by Gasteiger charge is 2.00. The fourth-order valence-electron chi connectivity index (χ4n) is 1.44. The summed E-state index contributed by atoms with van der Waals surface area (Å²) in [5, 5.41) is 0.264. The van der Waals surface area contributed by atoms with Gasteiger partial charge in [0, 0.05) is 19.2 Å². The maximum atomic E-state index is 5.47. The number of anilines is 4. The van der Waals surface area contributed by atoms with Crippen LogP contribution in [0.5, 0.6) is 5.88 Å². The topological polar surface area (TPSA) is 183 Å². The first-order chi connectivity index (χ1) is 11.9. The smallest absolute Gasteiger partial charge is 0.225 e. The summed E-state index contributed by atoms with van der Waals surface area (Å²) in [7, 11) is 1.62. The van der Waals surface area contributed by atoms with E-state index < -0.39 is 0 Å². The molecule has 0 aliphatic heterocycles. The molecule has 0 spiro atoms. The van der Waals surface area contributed by atoms with Crippen molar-refractivity contribution < 1.29 is 14.2 Å². The highest BCUT2D eigenvalue weighted by Crippen LogP contribution is 2.11. The number of aromatic nitrogens is 4. The van der Waals surface area contributed by atoms with Crippen LogP contribution >= 0.6 is 11.6 Å². The lowest BCUT2D eigenvalue weighted by Crippen LogP contribution is -2.11. The summed E-state index contributed by atoms with van der Waals surface area (Å²) in [6, 6.07) is 2.93. The highest BCUT2D eigenvalue weighted by atomic mass is 35.5. The molecule has 0 aliphatic carbocycles. The van der Waals surface area contributed by atoms with Crippen LogP contribution in [-0.2, 0) is 9.47 Å². The van der Waals surface area contributed by atoms with Gasteiger partial charge in [0.2, 0.25) is 17.8 Å². The molecule has 146 valence electrons. The molecule has 0 atom stereocenters. The van der Waals surface area contributed by atoms with E-state index >= 15 is 0 Å². The van der Waals surface area contributed by atoms with Gasteiger partial charge in [0.05, 0.1) is 19.8 Å². The number of nitrogens with two attached hydrogens (primary N) is 4. The van der Waals surface area contributed by atoms with Crippen LogP contribution in [0, 0.1) is 0 Å². The van der Waals surface area contributed by atoms with E-state index in [2.05, 4.69) is 19.9 Å². The van der Waals surface area contributed by atoms with E-state index in [0.717, 1.165) is 0 Å². The second-order valence-electron chi connectivity index (χ2n) is 4.42. The quantitative estimate of drug-likeness (QED) is 0.384. The molecule has 0 saturated carbocycles. The molecule has 0 amide bonds. The summed E-state index contributed by atoms with van der Waals surface area (Å²) in [6.07, 6.45) is 0. The molecule has 0 fully saturated rings. The van der Waals surface area contributed by atoms with E-state index in [4.69, 9.17) is 48.7 Å². The minimum Gasteiger partial charge on any atom is -0.475 e. The Morgan fingerprint density at radius 3 is 1.96 bits per heavy atom. The normalized spacial score (nSPS) is 9.62. The average molecular weight is 389 g/mol. The van der Waals surface area contributed by atoms with Gasteiger partial charge in [-0.1, -0.05) is 19.0 Å². The lowest BCUT2D eigenvalue weighted by atomic mass is 10.5. The molecule has 0 radical (unpaired) electrons. The van der Waals surface area contributed by atoms with Gasteiger partial charge < -0.3 is 37.1 Å². The Morgan fingerprint density at radius 2 is 1.42 bits per heavy atom. The van der Waals surface area contributed by atoms with Crippen molar-refractivity contribution in [2.24, 2.45) is 0 Å². The molecule has 0 bridgehead atoms. The number of hydrogen-bond donors (Lipinski definition) is 4. The maximum Gasteiger partial charge on any atom is 0.225 e. The summed E-state index contributed by atoms with van der Waals surface area (Å²) in [5.74, 6) is 1.10. The van der Waals surface area contributed by atoms with E-state index in [1.165, 1.54) is 12.1 Å². The number of ether oxygens (including phenoxy) is 3. The summed E-state index contributed by atoms with van der Waals surface area (Å²) in [5.41, 5.74) is 21.3. The molecule has 26 heavy (non-hydrogen) atoms. The highest BCUT2D eigenvalue weighted by molar-refractivity contribution is 6.29. The molecular weight excluding hydrogens is 364 g/mol. The zero-order chi connectivity index (χ0) is 18.7. The molecule has 2 aromatic rings. The fraction of sp³-hybridized carbons (Fsp3) is 0.429. The van der Waals surface area contributed by atoms with Crippen LogP contribution in [0.3, 0.4) is 0 Å². The van der Waals surface area contributed by atoms with Gasteiger partial charge in [-0.05, 0) is 0 Å². The van der Waals surface area contributed by atoms with Crippen molar-refractivity contribution in [2.75, 3.05) is 56.5 Å². The van der Waals surface area contributed by atoms with Gasteiger partial charge in [0.15, 0.2) is 0 Å². The zero-order valence-electron chi connectivity index (χ0n) is 13.7. The molecule has 12 heteroatoms. The van der Waals surface area contributed by atoms with E-state index in [-0.39, 0.29) is 36.1 Å². The van der Waals surface area contributed by atoms with E-state index in [9.17, 15) is 0 Å². The summed E-state index contributed by atoms with van der Waals surface area (Å²) in [4.78, 5) is 14.8. The van der Waals surface area contributed by atoms with Crippen molar-refractivity contribution >= 4 is 35.1 Å². The van der Waals surface area contributed by atoms with Gasteiger partial charge >= 0.3 is 0 Å². The molecule has 0 saturated heterocycles. The van der Waals surface area contributed by atoms with Gasteiger partial charge in [-0.3, -0.25) is 0 Å². The molecular formula is C14H25ClN8O3. The van der Waals surface area contributed by atoms with Crippen LogP contribution in [0.1, 0.15) is 7.43 Å². The molecule has 2 rings (SSSR count). The molecule has 2 heterocycles. The minimum absolute atomic E-state index is 0. The standard InChI is InChI=1S/C9H16N4O3.C4H5ClN4.CH4/c1-14-2-3-15-4-5-16-8-6-7(10)12-9(11)13-8;5-2-1-3(6)9-4(7)8-2;/h6H,2-5H2,1H3,(H4,10,11,12,13);1H,(H4,6,7,8,9);1H4. The molecule has 0 aromatic carbocycles. The number of methoxy groups -OCH3 is 1. The third-order valence-electron chi connectivity index (χ3n) is 2.38. The lowest BCUT2D eigenvalue weighted by molar-refractivity contribution is 0.0537. The molecule has 11 nitrogen and oxygen atoms in total. The Morgan fingerprint density at radius 1 is 0.846 bits per heavy atom. The number of halogens is 1. The predicted molar refractivity (Wildman–Crippen MR) is 102 cm³/mol. The monoisotopic (exact) mass is 388 g/mol. The Hall–Kier alpha value is -2.63. The van der Waals surface area contributed by atoms with Crippen molar-refractivity contribution in [1.29, 1.82) is 0 Å². The Labute approximate surface area is 157 Å². The van der Waals surface area contributed by atoms with Gasteiger partial charge in [-0.25, -0.2) is 4.98 Å². The van der Waals surface area contributed by atoms with Gasteiger partial charge in [-0.15, -0.1) is 0 Å². The Balaban J connectivity index is 0.000000532. The second kappa shape index (κ2) is 12.7. The van der Waals surface area contributed by atoms with E-state index in [1.54, 1.807) is 7.11 Å². The van der Waals surface area contributed by atoms with Crippen molar-refractivity contribution in [3.05, 3.63) is 17.3 Å². The summed E-state index contributed by atoms with van der Waals surface area (Å²) < 4.78 is 15.3. The SMILES string of the molecule is C.COCCOCCOc1cc(N)nc(N)n1.Nc1cc(Cl)nc(N)n1. The maximum absolute atomic E-state index is 5.47. The van der Waals surface area contributed by atoms with Gasteiger partial charge in [0.25, 0.3) is 0 Å². The summed E-state index contributed by atoms with van der Waals surface area (Å²) >= 11 is 5.44. The van der Waals surface area contributed by atoms with Crippen molar-refractivity contribution in [3.8, 4) is 5.88 Å². The van der Waals surface area contributed by atoms with Crippen molar-refractivity contribution in [3.63, 3.8) is 0 Å². The average Bonchev–Trinajstić information content (AvgIpc) is 2.49. The third kappa shape index (κ3) is 10.3. The molecule has 2 aromatic heterocycles. The fourth-order valence-corrected chi connectivity index (χ4v) is 1.64. The zero-order valence-corrected chi connectivity index (χ0v) is 14.4. The molecule has 8 N–H and O–H groups in total. The molecule has 0 aliphatic rings. The van der Waals surface area contributed by atoms with E-state index in [1.807, 2.05) is 0 Å². The first kappa shape index (κ1) is 23.4. The Bertz CT molecular complexity index is 591. The number of rotatable bonds is 7. The van der Waals surface area contributed by atoms with Crippen LogP contribution in [0.25, 0.3) is 0 Å². The minimum atomic E-state index is 0. The largest absolute Gasteiger partial charge is 0.475 e. The van der Waals surface area contributed by atoms with Crippen LogP contribution in [0.15, 0.2) is 12.1 Å². The first-order valence-corrected chi connectivity index (χ1v) is 7.43.